The monoisotopic (exact) mass is 330 g/mol. The summed E-state index contributed by atoms with van der Waals surface area (Å²) in [4.78, 5) is 12.4. The number of aliphatic hydroxyl groups is 4. The minimum absolute atomic E-state index is 0.147. The van der Waals surface area contributed by atoms with Crippen LogP contribution in [0, 0.1) is 16.7 Å². The summed E-state index contributed by atoms with van der Waals surface area (Å²) in [5.41, 5.74) is -0.876. The van der Waals surface area contributed by atoms with Crippen LogP contribution in [0.15, 0.2) is 0 Å². The molecule has 1 aliphatic heterocycles. The molecule has 0 radical (unpaired) electrons. The van der Waals surface area contributed by atoms with Gasteiger partial charge in [0.25, 0.3) is 0 Å². The van der Waals surface area contributed by atoms with E-state index in [9.17, 15) is 25.2 Å². The molecular formula is C16H26O7. The number of aliphatic hydroxyl groups excluding tert-OH is 4. The Bertz CT molecular complexity index is 491. The summed E-state index contributed by atoms with van der Waals surface area (Å²) in [6.07, 6.45) is -5.71. The largest absolute Gasteiger partial charge is 0.394 e. The molecule has 3 fully saturated rings. The molecule has 1 heterocycles. The van der Waals surface area contributed by atoms with Crippen LogP contribution in [0.5, 0.6) is 0 Å². The second kappa shape index (κ2) is 5.47. The number of hydrogen-bond donors (Lipinski definition) is 4. The number of ether oxygens (including phenoxy) is 2. The highest BCUT2D eigenvalue weighted by Gasteiger charge is 2.67. The number of carbonyl (C=O) groups excluding carboxylic acids is 1. The van der Waals surface area contributed by atoms with E-state index in [4.69, 9.17) is 9.47 Å². The molecule has 0 aromatic carbocycles. The highest BCUT2D eigenvalue weighted by Crippen LogP contribution is 2.64. The molecule has 2 bridgehead atoms. The fourth-order valence-corrected chi connectivity index (χ4v) is 4.47. The Balaban J connectivity index is 1.79. The molecule has 8 atom stereocenters. The summed E-state index contributed by atoms with van der Waals surface area (Å²) in [6, 6.07) is 0. The van der Waals surface area contributed by atoms with Crippen LogP contribution in [-0.4, -0.2) is 69.6 Å². The molecule has 0 aromatic heterocycles. The van der Waals surface area contributed by atoms with Crippen molar-refractivity contribution in [3.8, 4) is 0 Å². The van der Waals surface area contributed by atoms with Gasteiger partial charge in [0, 0.05) is 6.42 Å². The van der Waals surface area contributed by atoms with Crippen LogP contribution in [0.25, 0.3) is 0 Å². The van der Waals surface area contributed by atoms with E-state index >= 15 is 0 Å². The van der Waals surface area contributed by atoms with Crippen molar-refractivity contribution in [2.45, 2.75) is 70.4 Å². The van der Waals surface area contributed by atoms with E-state index in [0.717, 1.165) is 0 Å². The lowest BCUT2D eigenvalue weighted by atomic mass is 9.69. The minimum atomic E-state index is -1.47. The number of carbonyl (C=O) groups is 1. The molecule has 2 aliphatic carbocycles. The molecule has 4 N–H and O–H groups in total. The van der Waals surface area contributed by atoms with Gasteiger partial charge in [0.2, 0.25) is 0 Å². The molecule has 132 valence electrons. The summed E-state index contributed by atoms with van der Waals surface area (Å²) < 4.78 is 11.3. The van der Waals surface area contributed by atoms with Crippen LogP contribution >= 0.6 is 0 Å². The van der Waals surface area contributed by atoms with Crippen LogP contribution in [0.3, 0.4) is 0 Å². The molecule has 7 heteroatoms. The van der Waals surface area contributed by atoms with Gasteiger partial charge in [0.1, 0.15) is 30.2 Å². The van der Waals surface area contributed by atoms with Crippen molar-refractivity contribution in [3.63, 3.8) is 0 Å². The average molecular weight is 330 g/mol. The zero-order valence-corrected chi connectivity index (χ0v) is 13.7. The van der Waals surface area contributed by atoms with Gasteiger partial charge in [-0.1, -0.05) is 13.8 Å². The Kier molecular flexibility index (Phi) is 4.11. The lowest BCUT2D eigenvalue weighted by molar-refractivity contribution is -0.317. The predicted molar refractivity (Wildman–Crippen MR) is 78.3 cm³/mol. The van der Waals surface area contributed by atoms with Crippen LogP contribution in [0.1, 0.15) is 33.6 Å². The molecule has 3 rings (SSSR count). The molecule has 0 amide bonds. The number of hydrogen-bond acceptors (Lipinski definition) is 7. The number of rotatable bonds is 3. The molecule has 0 spiro atoms. The van der Waals surface area contributed by atoms with Crippen LogP contribution < -0.4 is 0 Å². The molecule has 0 aromatic rings. The van der Waals surface area contributed by atoms with Gasteiger partial charge >= 0.3 is 0 Å². The topological polar surface area (TPSA) is 116 Å². The van der Waals surface area contributed by atoms with Crippen molar-refractivity contribution in [2.24, 2.45) is 16.7 Å². The first-order valence-electron chi connectivity index (χ1n) is 8.13. The van der Waals surface area contributed by atoms with Crippen LogP contribution in [-0.2, 0) is 14.3 Å². The van der Waals surface area contributed by atoms with Crippen molar-refractivity contribution in [3.05, 3.63) is 0 Å². The number of ketones is 1. The van der Waals surface area contributed by atoms with Gasteiger partial charge in [0.15, 0.2) is 6.29 Å². The Morgan fingerprint density at radius 3 is 2.35 bits per heavy atom. The van der Waals surface area contributed by atoms with E-state index in [1.165, 1.54) is 0 Å². The van der Waals surface area contributed by atoms with Crippen molar-refractivity contribution in [2.75, 3.05) is 6.61 Å². The van der Waals surface area contributed by atoms with Crippen LogP contribution in [0.4, 0.5) is 0 Å². The highest BCUT2D eigenvalue weighted by molar-refractivity contribution is 5.90. The first kappa shape index (κ1) is 17.3. The third-order valence-corrected chi connectivity index (χ3v) is 6.66. The summed E-state index contributed by atoms with van der Waals surface area (Å²) in [5.74, 6) is 0.364. The van der Waals surface area contributed by atoms with E-state index in [1.54, 1.807) is 0 Å². The van der Waals surface area contributed by atoms with E-state index in [1.807, 2.05) is 6.92 Å². The quantitative estimate of drug-likeness (QED) is 0.535. The van der Waals surface area contributed by atoms with Gasteiger partial charge in [0.05, 0.1) is 18.1 Å². The number of Topliss-reactive ketones (excluding diaryl/α,β-unsaturated/α-hetero) is 1. The fourth-order valence-electron chi connectivity index (χ4n) is 4.47. The maximum absolute atomic E-state index is 12.4. The van der Waals surface area contributed by atoms with E-state index < -0.39 is 48.8 Å². The molecule has 7 nitrogen and oxygen atoms in total. The van der Waals surface area contributed by atoms with Crippen molar-refractivity contribution >= 4 is 5.78 Å². The SMILES string of the molecule is CC1(C)C2CC(=O)C1(C)[C@H](O[C@@H]1O[C@H](CO)[C@@H](O)[C@H](O)[C@H]1O)C2. The molecular weight excluding hydrogens is 304 g/mol. The molecule has 2 saturated carbocycles. The smallest absolute Gasteiger partial charge is 0.187 e. The third-order valence-electron chi connectivity index (χ3n) is 6.66. The van der Waals surface area contributed by atoms with Gasteiger partial charge in [-0.3, -0.25) is 4.79 Å². The standard InChI is InChI=1S/C16H26O7/c1-15(2)7-4-9(18)16(15,3)10(5-7)23-14-13(21)12(20)11(19)8(6-17)22-14/h7-8,10-14,17,19-21H,4-6H2,1-3H3/t7?,8-,10-,11-,12+,13-,14+,16?/m1/s1. The molecule has 3 aliphatic rings. The van der Waals surface area contributed by atoms with E-state index in [0.29, 0.717) is 12.8 Å². The highest BCUT2D eigenvalue weighted by atomic mass is 16.7. The predicted octanol–water partition coefficient (Wildman–Crippen LogP) is -0.803. The summed E-state index contributed by atoms with van der Waals surface area (Å²) in [6.45, 7) is 5.50. The maximum atomic E-state index is 12.4. The van der Waals surface area contributed by atoms with Crippen molar-refractivity contribution in [1.82, 2.24) is 0 Å². The maximum Gasteiger partial charge on any atom is 0.187 e. The van der Waals surface area contributed by atoms with Gasteiger partial charge in [-0.25, -0.2) is 0 Å². The lowest BCUT2D eigenvalue weighted by Crippen LogP contribution is -2.60. The van der Waals surface area contributed by atoms with Gasteiger partial charge in [-0.15, -0.1) is 0 Å². The zero-order chi connectivity index (χ0) is 17.2. The molecule has 23 heavy (non-hydrogen) atoms. The normalized spacial score (nSPS) is 52.1. The fraction of sp³-hybridized carbons (Fsp3) is 0.938. The van der Waals surface area contributed by atoms with Crippen LogP contribution in [0.2, 0.25) is 0 Å². The Labute approximate surface area is 135 Å². The summed E-state index contributed by atoms with van der Waals surface area (Å²) in [5, 5.41) is 39.0. The molecule has 2 unspecified atom stereocenters. The van der Waals surface area contributed by atoms with E-state index in [-0.39, 0.29) is 17.1 Å². The summed E-state index contributed by atoms with van der Waals surface area (Å²) in [7, 11) is 0. The second-order valence-corrected chi connectivity index (χ2v) is 7.81. The zero-order valence-electron chi connectivity index (χ0n) is 13.7. The van der Waals surface area contributed by atoms with Gasteiger partial charge in [-0.2, -0.15) is 0 Å². The minimum Gasteiger partial charge on any atom is -0.394 e. The first-order chi connectivity index (χ1) is 10.6. The lowest BCUT2D eigenvalue weighted by Gasteiger charge is -2.43. The Hall–Kier alpha value is -0.570. The van der Waals surface area contributed by atoms with Gasteiger partial charge < -0.3 is 29.9 Å². The number of fused-ring (bicyclic) bond motifs is 2. The molecule has 1 saturated heterocycles. The summed E-state index contributed by atoms with van der Waals surface area (Å²) >= 11 is 0. The third kappa shape index (κ3) is 2.22. The second-order valence-electron chi connectivity index (χ2n) is 7.81. The first-order valence-corrected chi connectivity index (χ1v) is 8.13. The Morgan fingerprint density at radius 2 is 1.83 bits per heavy atom. The van der Waals surface area contributed by atoms with Crippen molar-refractivity contribution < 1.29 is 34.7 Å². The van der Waals surface area contributed by atoms with Crippen molar-refractivity contribution in [1.29, 1.82) is 0 Å². The van der Waals surface area contributed by atoms with Gasteiger partial charge in [-0.05, 0) is 24.7 Å². The average Bonchev–Trinajstić information content (AvgIpc) is 2.79. The Morgan fingerprint density at radius 1 is 1.17 bits per heavy atom. The van der Waals surface area contributed by atoms with E-state index in [2.05, 4.69) is 13.8 Å².